The topological polar surface area (TPSA) is 49.2 Å². The quantitative estimate of drug-likeness (QED) is 0.453. The van der Waals surface area contributed by atoms with Crippen molar-refractivity contribution >= 4 is 5.84 Å². The number of benzene rings is 1. The fourth-order valence-electron chi connectivity index (χ4n) is 2.04. The van der Waals surface area contributed by atoms with Crippen LogP contribution in [0.2, 0.25) is 0 Å². The maximum Gasteiger partial charge on any atom is 0.322 e. The summed E-state index contributed by atoms with van der Waals surface area (Å²) < 4.78 is 41.1. The van der Waals surface area contributed by atoms with Gasteiger partial charge in [-0.1, -0.05) is 5.06 Å². The third kappa shape index (κ3) is 1.62. The highest BCUT2D eigenvalue weighted by atomic mass is 19.2. The Bertz CT molecular complexity index is 612. The van der Waals surface area contributed by atoms with Gasteiger partial charge in [0.15, 0.2) is 17.2 Å². The Hall–Kier alpha value is -1.76. The Morgan fingerprint density at radius 3 is 2.05 bits per heavy atom. The van der Waals surface area contributed by atoms with E-state index in [2.05, 4.69) is 0 Å². The standard InChI is InChI=1S/C13H14F3N2O2/c1-12(2)13(3,4)18(20)11(17(12)19)9-7(14)5-6-8(15)10(9)16/h5-6H,1-4H3. The SMILES string of the molecule is CC1(C)N([O])C(c2c(F)ccc(F)c2F)=[N+]([O-])C1(C)C. The van der Waals surface area contributed by atoms with E-state index in [1.807, 2.05) is 0 Å². The lowest BCUT2D eigenvalue weighted by molar-refractivity contribution is -0.539. The van der Waals surface area contributed by atoms with Crippen molar-refractivity contribution in [3.05, 3.63) is 40.4 Å². The minimum atomic E-state index is -1.55. The zero-order chi connectivity index (χ0) is 15.5. The summed E-state index contributed by atoms with van der Waals surface area (Å²) >= 11 is 0. The Morgan fingerprint density at radius 2 is 1.60 bits per heavy atom. The first-order valence-electron chi connectivity index (χ1n) is 5.99. The van der Waals surface area contributed by atoms with Crippen molar-refractivity contribution in [1.82, 2.24) is 5.06 Å². The van der Waals surface area contributed by atoms with Crippen LogP contribution in [-0.2, 0) is 5.21 Å². The number of hydrogen-bond acceptors (Lipinski definition) is 2. The Labute approximate surface area is 114 Å². The molecule has 0 saturated carbocycles. The molecular formula is C13H14F3N2O2. The van der Waals surface area contributed by atoms with E-state index in [9.17, 15) is 23.6 Å². The van der Waals surface area contributed by atoms with Gasteiger partial charge < -0.3 is 5.21 Å². The van der Waals surface area contributed by atoms with Crippen LogP contribution < -0.4 is 0 Å². The molecule has 109 valence electrons. The van der Waals surface area contributed by atoms with Crippen LogP contribution in [0.4, 0.5) is 13.2 Å². The van der Waals surface area contributed by atoms with E-state index in [-0.39, 0.29) is 9.80 Å². The largest absolute Gasteiger partial charge is 0.714 e. The van der Waals surface area contributed by atoms with Crippen molar-refractivity contribution in [2.75, 3.05) is 0 Å². The van der Waals surface area contributed by atoms with Crippen LogP contribution in [0.3, 0.4) is 0 Å². The van der Waals surface area contributed by atoms with Crippen LogP contribution >= 0.6 is 0 Å². The minimum absolute atomic E-state index is 0.237. The third-order valence-corrected chi connectivity index (χ3v) is 4.17. The van der Waals surface area contributed by atoms with E-state index in [0.29, 0.717) is 12.1 Å². The highest BCUT2D eigenvalue weighted by molar-refractivity contribution is 5.96. The molecule has 0 spiro atoms. The van der Waals surface area contributed by atoms with Gasteiger partial charge in [0, 0.05) is 5.21 Å². The first kappa shape index (κ1) is 14.6. The van der Waals surface area contributed by atoms with Crippen molar-refractivity contribution in [2.45, 2.75) is 38.8 Å². The molecule has 0 unspecified atom stereocenters. The Kier molecular flexibility index (Phi) is 3.01. The monoisotopic (exact) mass is 287 g/mol. The van der Waals surface area contributed by atoms with E-state index in [4.69, 9.17) is 0 Å². The number of rotatable bonds is 1. The lowest BCUT2D eigenvalue weighted by Gasteiger charge is -2.32. The summed E-state index contributed by atoms with van der Waals surface area (Å²) in [5, 5.41) is 24.7. The van der Waals surface area contributed by atoms with Gasteiger partial charge in [-0.3, -0.25) is 4.74 Å². The molecule has 0 saturated heterocycles. The molecule has 1 aromatic rings. The molecule has 1 aromatic carbocycles. The molecule has 0 atom stereocenters. The number of halogens is 3. The van der Waals surface area contributed by atoms with Crippen LogP contribution in [0.15, 0.2) is 12.1 Å². The molecule has 2 rings (SSSR count). The van der Waals surface area contributed by atoms with Gasteiger partial charge in [-0.05, 0) is 39.8 Å². The summed E-state index contributed by atoms with van der Waals surface area (Å²) in [6.45, 7) is 5.92. The fraction of sp³-hybridized carbons (Fsp3) is 0.462. The number of hydrogen-bond donors (Lipinski definition) is 0. The third-order valence-electron chi connectivity index (χ3n) is 4.17. The average molecular weight is 287 g/mol. The zero-order valence-corrected chi connectivity index (χ0v) is 11.5. The van der Waals surface area contributed by atoms with Crippen LogP contribution in [0, 0.1) is 22.7 Å². The minimum Gasteiger partial charge on any atom is -0.714 e. The predicted molar refractivity (Wildman–Crippen MR) is 64.7 cm³/mol. The molecule has 20 heavy (non-hydrogen) atoms. The first-order valence-corrected chi connectivity index (χ1v) is 5.99. The zero-order valence-electron chi connectivity index (χ0n) is 11.5. The second-order valence-corrected chi connectivity index (χ2v) is 5.75. The molecule has 1 aliphatic heterocycles. The number of amidine groups is 1. The molecule has 1 heterocycles. The summed E-state index contributed by atoms with van der Waals surface area (Å²) in [5.74, 6) is -4.78. The van der Waals surface area contributed by atoms with Gasteiger partial charge in [-0.2, -0.15) is 0 Å². The molecule has 0 aliphatic carbocycles. The molecule has 0 amide bonds. The summed E-state index contributed by atoms with van der Waals surface area (Å²) in [6.07, 6.45) is 0. The predicted octanol–water partition coefficient (Wildman–Crippen LogP) is 2.58. The van der Waals surface area contributed by atoms with Crippen molar-refractivity contribution in [2.24, 2.45) is 0 Å². The van der Waals surface area contributed by atoms with Gasteiger partial charge in [0.2, 0.25) is 0 Å². The summed E-state index contributed by atoms with van der Waals surface area (Å²) in [4.78, 5) is 0. The van der Waals surface area contributed by atoms with E-state index in [0.717, 1.165) is 0 Å². The Morgan fingerprint density at radius 1 is 1.10 bits per heavy atom. The second kappa shape index (κ2) is 4.12. The van der Waals surface area contributed by atoms with Crippen LogP contribution in [0.5, 0.6) is 0 Å². The molecule has 1 aliphatic rings. The van der Waals surface area contributed by atoms with Crippen LogP contribution in [0.1, 0.15) is 33.3 Å². The van der Waals surface area contributed by atoms with E-state index < -0.39 is 39.9 Å². The Balaban J connectivity index is 2.77. The fourth-order valence-corrected chi connectivity index (χ4v) is 2.04. The highest BCUT2D eigenvalue weighted by Crippen LogP contribution is 2.38. The van der Waals surface area contributed by atoms with Gasteiger partial charge in [0.05, 0.1) is 0 Å². The molecule has 0 N–H and O–H groups in total. The van der Waals surface area contributed by atoms with Crippen molar-refractivity contribution in [1.29, 1.82) is 0 Å². The average Bonchev–Trinajstić information content (AvgIpc) is 2.47. The summed E-state index contributed by atoms with van der Waals surface area (Å²) in [6, 6.07) is 1.28. The van der Waals surface area contributed by atoms with Gasteiger partial charge in [-0.15, -0.1) is 0 Å². The van der Waals surface area contributed by atoms with E-state index in [1.54, 1.807) is 0 Å². The molecule has 0 aromatic heterocycles. The molecule has 0 bridgehead atoms. The molecule has 7 heteroatoms. The highest BCUT2D eigenvalue weighted by Gasteiger charge is 2.60. The first-order chi connectivity index (χ1) is 9.03. The maximum absolute atomic E-state index is 13.8. The second-order valence-electron chi connectivity index (χ2n) is 5.75. The van der Waals surface area contributed by atoms with Crippen molar-refractivity contribution in [3.8, 4) is 0 Å². The maximum atomic E-state index is 13.8. The molecule has 4 nitrogen and oxygen atoms in total. The van der Waals surface area contributed by atoms with E-state index >= 15 is 0 Å². The lowest BCUT2D eigenvalue weighted by atomic mass is 9.84. The molecule has 0 fully saturated rings. The van der Waals surface area contributed by atoms with Gasteiger partial charge in [0.1, 0.15) is 16.9 Å². The molecule has 1 radical (unpaired) electrons. The van der Waals surface area contributed by atoms with Crippen LogP contribution in [0.25, 0.3) is 0 Å². The molecular weight excluding hydrogens is 273 g/mol. The van der Waals surface area contributed by atoms with E-state index in [1.165, 1.54) is 27.7 Å². The number of nitrogens with zero attached hydrogens (tertiary/aromatic N) is 2. The van der Waals surface area contributed by atoms with Gasteiger partial charge in [-0.25, -0.2) is 13.2 Å². The normalized spacial score (nSPS) is 20.7. The van der Waals surface area contributed by atoms with Gasteiger partial charge in [0.25, 0.3) is 0 Å². The summed E-state index contributed by atoms with van der Waals surface area (Å²) in [7, 11) is 0. The number of hydroxylamine groups is 3. The lowest BCUT2D eigenvalue weighted by Crippen LogP contribution is -2.53. The summed E-state index contributed by atoms with van der Waals surface area (Å²) in [5.41, 5.74) is -3.39. The smallest absolute Gasteiger partial charge is 0.322 e. The van der Waals surface area contributed by atoms with Crippen LogP contribution in [-0.4, -0.2) is 26.7 Å². The van der Waals surface area contributed by atoms with Gasteiger partial charge >= 0.3 is 5.84 Å². The van der Waals surface area contributed by atoms with Crippen molar-refractivity contribution in [3.63, 3.8) is 0 Å². The van der Waals surface area contributed by atoms with Crippen molar-refractivity contribution < 1.29 is 23.1 Å².